The Labute approximate surface area is 163 Å². The number of carbonyl (C=O) groups excluding carboxylic acids is 1. The number of aromatic nitrogens is 3. The molecule has 0 saturated carbocycles. The Balaban J connectivity index is 1.56. The van der Waals surface area contributed by atoms with Gasteiger partial charge in [-0.25, -0.2) is 0 Å². The fourth-order valence-electron chi connectivity index (χ4n) is 3.21. The van der Waals surface area contributed by atoms with Gasteiger partial charge in [0.25, 0.3) is 0 Å². The fraction of sp³-hybridized carbons (Fsp3) is 0.500. The molecule has 1 aromatic heterocycles. The predicted molar refractivity (Wildman–Crippen MR) is 105 cm³/mol. The molecule has 0 aliphatic carbocycles. The molecule has 26 heavy (non-hydrogen) atoms. The van der Waals surface area contributed by atoms with E-state index < -0.39 is 0 Å². The van der Waals surface area contributed by atoms with Crippen LogP contribution in [-0.4, -0.2) is 33.8 Å². The number of amides is 1. The Bertz CT molecular complexity index is 760. The highest BCUT2D eigenvalue weighted by Gasteiger charge is 2.22. The highest BCUT2D eigenvalue weighted by Crippen LogP contribution is 2.33. The average molecular weight is 394 g/mol. The van der Waals surface area contributed by atoms with Crippen LogP contribution in [0.3, 0.4) is 0 Å². The molecule has 1 fully saturated rings. The van der Waals surface area contributed by atoms with Crippen LogP contribution in [0, 0.1) is 11.8 Å². The van der Waals surface area contributed by atoms with Crippen molar-refractivity contribution in [1.82, 2.24) is 20.1 Å². The van der Waals surface area contributed by atoms with E-state index in [1.807, 2.05) is 23.7 Å². The van der Waals surface area contributed by atoms with E-state index in [4.69, 9.17) is 11.6 Å². The smallest absolute Gasteiger partial charge is 0.224 e. The van der Waals surface area contributed by atoms with Crippen molar-refractivity contribution in [2.24, 2.45) is 18.9 Å². The topological polar surface area (TPSA) is 71.8 Å². The van der Waals surface area contributed by atoms with Gasteiger partial charge in [-0.1, -0.05) is 18.5 Å². The van der Waals surface area contributed by atoms with Crippen molar-refractivity contribution in [1.29, 1.82) is 0 Å². The second-order valence-corrected chi connectivity index (χ2v) is 8.20. The fourth-order valence-corrected chi connectivity index (χ4v) is 4.27. The number of rotatable bonds is 6. The van der Waals surface area contributed by atoms with E-state index in [-0.39, 0.29) is 5.91 Å². The lowest BCUT2D eigenvalue weighted by Gasteiger charge is -2.27. The van der Waals surface area contributed by atoms with Gasteiger partial charge in [-0.2, -0.15) is 0 Å². The Hall–Kier alpha value is -1.57. The molecule has 1 atom stereocenters. The number of halogens is 1. The van der Waals surface area contributed by atoms with Gasteiger partial charge >= 0.3 is 0 Å². The number of piperidine rings is 1. The van der Waals surface area contributed by atoms with Crippen LogP contribution in [0.2, 0.25) is 5.02 Å². The van der Waals surface area contributed by atoms with Crippen LogP contribution >= 0.6 is 23.4 Å². The van der Waals surface area contributed by atoms with Crippen molar-refractivity contribution in [3.8, 4) is 0 Å². The zero-order valence-electron chi connectivity index (χ0n) is 15.0. The quantitative estimate of drug-likeness (QED) is 0.784. The van der Waals surface area contributed by atoms with Crippen molar-refractivity contribution in [2.45, 2.75) is 36.2 Å². The van der Waals surface area contributed by atoms with E-state index in [0.29, 0.717) is 23.3 Å². The third kappa shape index (κ3) is 4.99. The molecule has 0 spiro atoms. The van der Waals surface area contributed by atoms with Crippen molar-refractivity contribution < 1.29 is 4.79 Å². The number of nitrogens with one attached hydrogen (secondary N) is 2. The molecule has 2 N–H and O–H groups in total. The number of hydrogen-bond acceptors (Lipinski definition) is 5. The van der Waals surface area contributed by atoms with E-state index in [9.17, 15) is 4.79 Å². The molecule has 1 aromatic carbocycles. The molecule has 1 saturated heterocycles. The minimum absolute atomic E-state index is 0.0424. The maximum Gasteiger partial charge on any atom is 0.224 e. The van der Waals surface area contributed by atoms with Crippen molar-refractivity contribution in [3.05, 3.63) is 29.5 Å². The lowest BCUT2D eigenvalue weighted by atomic mass is 9.84. The van der Waals surface area contributed by atoms with E-state index in [1.165, 1.54) is 11.8 Å². The Morgan fingerprint density at radius 2 is 2.23 bits per heavy atom. The number of benzene rings is 1. The van der Waals surface area contributed by atoms with Gasteiger partial charge in [0.1, 0.15) is 6.33 Å². The van der Waals surface area contributed by atoms with Crippen LogP contribution in [-0.2, 0) is 11.8 Å². The summed E-state index contributed by atoms with van der Waals surface area (Å²) in [5.41, 5.74) is 0.722. The molecule has 1 unspecified atom stereocenters. The normalized spacial score (nSPS) is 16.4. The SMILES string of the molecule is CC(CC(=O)Nc1ccc(Sc2nncn2C)c(Cl)c1)C1CCNCC1. The molecular formula is C18H24ClN5OS. The van der Waals surface area contributed by atoms with Gasteiger partial charge in [0.15, 0.2) is 5.16 Å². The molecular weight excluding hydrogens is 370 g/mol. The maximum atomic E-state index is 12.4. The van der Waals surface area contributed by atoms with Crippen LogP contribution in [0.25, 0.3) is 0 Å². The van der Waals surface area contributed by atoms with Gasteiger partial charge in [-0.05, 0) is 67.7 Å². The standard InChI is InChI=1S/C18H24ClN5OS/c1-12(13-5-7-20-8-6-13)9-17(25)22-14-3-4-16(15(19)10-14)26-18-23-21-11-24(18)2/h3-4,10-13,20H,5-9H2,1-2H3,(H,22,25). The van der Waals surface area contributed by atoms with Crippen molar-refractivity contribution >= 4 is 35.0 Å². The van der Waals surface area contributed by atoms with Gasteiger partial charge in [-0.15, -0.1) is 10.2 Å². The third-order valence-corrected chi connectivity index (χ3v) is 6.34. The molecule has 0 radical (unpaired) electrons. The summed E-state index contributed by atoms with van der Waals surface area (Å²) in [6.07, 6.45) is 4.48. The number of nitrogens with zero attached hydrogens (tertiary/aromatic N) is 3. The molecule has 3 rings (SSSR count). The summed E-state index contributed by atoms with van der Waals surface area (Å²) >= 11 is 7.82. The minimum Gasteiger partial charge on any atom is -0.326 e. The summed E-state index contributed by atoms with van der Waals surface area (Å²) < 4.78 is 1.83. The first-order valence-electron chi connectivity index (χ1n) is 8.85. The first-order valence-corrected chi connectivity index (χ1v) is 10.0. The van der Waals surface area contributed by atoms with E-state index in [2.05, 4.69) is 27.8 Å². The van der Waals surface area contributed by atoms with Crippen LogP contribution in [0.1, 0.15) is 26.2 Å². The van der Waals surface area contributed by atoms with E-state index in [1.54, 1.807) is 12.4 Å². The first kappa shape index (κ1) is 19.2. The maximum absolute atomic E-state index is 12.4. The number of anilines is 1. The average Bonchev–Trinajstić information content (AvgIpc) is 3.03. The van der Waals surface area contributed by atoms with Gasteiger partial charge < -0.3 is 15.2 Å². The third-order valence-electron chi connectivity index (χ3n) is 4.78. The Morgan fingerprint density at radius 1 is 1.46 bits per heavy atom. The van der Waals surface area contributed by atoms with Gasteiger partial charge in [0.05, 0.1) is 5.02 Å². The summed E-state index contributed by atoms with van der Waals surface area (Å²) in [6.45, 7) is 4.27. The summed E-state index contributed by atoms with van der Waals surface area (Å²) in [5.74, 6) is 1.05. The summed E-state index contributed by atoms with van der Waals surface area (Å²) in [7, 11) is 1.88. The zero-order chi connectivity index (χ0) is 18.5. The number of hydrogen-bond donors (Lipinski definition) is 2. The molecule has 6 nitrogen and oxygen atoms in total. The lowest BCUT2D eigenvalue weighted by molar-refractivity contribution is -0.117. The molecule has 0 bridgehead atoms. The van der Waals surface area contributed by atoms with Crippen molar-refractivity contribution in [2.75, 3.05) is 18.4 Å². The molecule has 8 heteroatoms. The highest BCUT2D eigenvalue weighted by atomic mass is 35.5. The van der Waals surface area contributed by atoms with Crippen LogP contribution in [0.5, 0.6) is 0 Å². The van der Waals surface area contributed by atoms with Gasteiger partial charge in [0, 0.05) is 24.1 Å². The highest BCUT2D eigenvalue weighted by molar-refractivity contribution is 7.99. The van der Waals surface area contributed by atoms with E-state index >= 15 is 0 Å². The monoisotopic (exact) mass is 393 g/mol. The second-order valence-electron chi connectivity index (χ2n) is 6.79. The summed E-state index contributed by atoms with van der Waals surface area (Å²) in [4.78, 5) is 13.2. The Morgan fingerprint density at radius 3 is 2.88 bits per heavy atom. The zero-order valence-corrected chi connectivity index (χ0v) is 16.6. The molecule has 2 heterocycles. The van der Waals surface area contributed by atoms with Gasteiger partial charge in [0.2, 0.25) is 5.91 Å². The summed E-state index contributed by atoms with van der Waals surface area (Å²) in [6, 6.07) is 5.55. The number of aryl methyl sites for hydroxylation is 1. The van der Waals surface area contributed by atoms with E-state index in [0.717, 1.165) is 41.7 Å². The molecule has 140 valence electrons. The first-order chi connectivity index (χ1) is 12.5. The molecule has 1 amide bonds. The predicted octanol–water partition coefficient (Wildman–Crippen LogP) is 3.58. The molecule has 1 aliphatic heterocycles. The second kappa shape index (κ2) is 8.88. The van der Waals surface area contributed by atoms with Gasteiger partial charge in [-0.3, -0.25) is 4.79 Å². The van der Waals surface area contributed by atoms with Crippen molar-refractivity contribution in [3.63, 3.8) is 0 Å². The van der Waals surface area contributed by atoms with Crippen LogP contribution < -0.4 is 10.6 Å². The molecule has 1 aliphatic rings. The largest absolute Gasteiger partial charge is 0.326 e. The molecule has 2 aromatic rings. The number of carbonyl (C=O) groups is 1. The summed E-state index contributed by atoms with van der Waals surface area (Å²) in [5, 5.41) is 15.6. The lowest BCUT2D eigenvalue weighted by Crippen LogP contribution is -2.32. The minimum atomic E-state index is 0.0424. The van der Waals surface area contributed by atoms with Crippen LogP contribution in [0.4, 0.5) is 5.69 Å². The Kier molecular flexibility index (Phi) is 6.56. The van der Waals surface area contributed by atoms with Crippen LogP contribution in [0.15, 0.2) is 34.6 Å².